The monoisotopic (exact) mass is 389 g/mol. The van der Waals surface area contributed by atoms with Crippen molar-refractivity contribution in [3.63, 3.8) is 0 Å². The van der Waals surface area contributed by atoms with Crippen molar-refractivity contribution in [2.45, 2.75) is 11.4 Å². The Morgan fingerprint density at radius 3 is 2.71 bits per heavy atom. The molecule has 0 unspecified atom stereocenters. The zero-order valence-electron chi connectivity index (χ0n) is 13.2. The Hall–Kier alpha value is -0.414. The summed E-state index contributed by atoms with van der Waals surface area (Å²) in [7, 11) is 1.53. The first-order valence-electron chi connectivity index (χ1n) is 6.64. The Labute approximate surface area is 191 Å². The fraction of sp³-hybridized carbons (Fsp3) is 0.188. The van der Waals surface area contributed by atoms with Gasteiger partial charge < -0.3 is 14.6 Å². The molecule has 0 bridgehead atoms. The van der Waals surface area contributed by atoms with Gasteiger partial charge in [-0.15, -0.1) is 0 Å². The number of ether oxygens (including phenoxy) is 1. The molecule has 0 fully saturated rings. The number of carboxylic acid groups (broad SMARTS) is 1. The van der Waals surface area contributed by atoms with Gasteiger partial charge in [0.2, 0.25) is 0 Å². The van der Waals surface area contributed by atoms with Gasteiger partial charge in [-0.2, -0.15) is 0 Å². The molecule has 1 heterocycles. The Kier molecular flexibility index (Phi) is 9.51. The Morgan fingerprint density at radius 2 is 2.04 bits per heavy atom. The molecule has 5 nitrogen and oxygen atoms in total. The van der Waals surface area contributed by atoms with Crippen LogP contribution in [-0.2, 0) is 11.2 Å². The molecule has 0 amide bonds. The van der Waals surface area contributed by atoms with E-state index in [-0.39, 0.29) is 74.9 Å². The van der Waals surface area contributed by atoms with Crippen molar-refractivity contribution in [3.05, 3.63) is 52.7 Å². The fourth-order valence-electron chi connectivity index (χ4n) is 1.92. The van der Waals surface area contributed by atoms with Crippen molar-refractivity contribution in [2.24, 2.45) is 0 Å². The summed E-state index contributed by atoms with van der Waals surface area (Å²) in [6.07, 6.45) is 1.55. The van der Waals surface area contributed by atoms with Crippen LogP contribution in [0.15, 0.2) is 41.6 Å². The largest absolute Gasteiger partial charge is 1.00 e. The predicted octanol–water partition coefficient (Wildman–Crippen LogP) is -0.985. The standard InChI is InChI=1S/C16H14ClNO4S.K/c1-22-14-3-2-12(17)6-11(14)7-13(19)9-23-15-8-10(16(20)21)4-5-18-15;/h2-6,8H,7,9H2,1H3,(H,20,21);/q;+1/p-1. The van der Waals surface area contributed by atoms with E-state index in [1.165, 1.54) is 37.2 Å². The van der Waals surface area contributed by atoms with Crippen molar-refractivity contribution in [1.82, 2.24) is 4.98 Å². The summed E-state index contributed by atoms with van der Waals surface area (Å²) in [5.74, 6) is -0.551. The number of carboxylic acids is 1. The van der Waals surface area contributed by atoms with E-state index in [1.807, 2.05) is 0 Å². The van der Waals surface area contributed by atoms with E-state index in [1.54, 1.807) is 18.2 Å². The van der Waals surface area contributed by atoms with Crippen molar-refractivity contribution < 1.29 is 70.8 Å². The zero-order chi connectivity index (χ0) is 16.8. The third kappa shape index (κ3) is 6.48. The first kappa shape index (κ1) is 21.6. The third-order valence-electron chi connectivity index (χ3n) is 2.98. The summed E-state index contributed by atoms with van der Waals surface area (Å²) in [4.78, 5) is 26.9. The molecule has 24 heavy (non-hydrogen) atoms. The molecule has 2 aromatic rings. The minimum atomic E-state index is -1.27. The zero-order valence-corrected chi connectivity index (χ0v) is 17.9. The molecular weight excluding hydrogens is 377 g/mol. The van der Waals surface area contributed by atoms with E-state index in [4.69, 9.17) is 16.3 Å². The van der Waals surface area contributed by atoms with Gasteiger partial charge in [-0.25, -0.2) is 4.98 Å². The number of benzene rings is 1. The van der Waals surface area contributed by atoms with Crippen LogP contribution in [-0.4, -0.2) is 29.6 Å². The first-order chi connectivity index (χ1) is 11.0. The molecule has 0 spiro atoms. The minimum absolute atomic E-state index is 0. The molecule has 0 saturated carbocycles. The van der Waals surface area contributed by atoms with Crippen LogP contribution in [0.5, 0.6) is 5.75 Å². The van der Waals surface area contributed by atoms with E-state index in [0.717, 1.165) is 0 Å². The minimum Gasteiger partial charge on any atom is -0.545 e. The molecular formula is C16H13ClKNO4S. The summed E-state index contributed by atoms with van der Waals surface area (Å²) in [5.41, 5.74) is 0.744. The van der Waals surface area contributed by atoms with Crippen LogP contribution in [0.3, 0.4) is 0 Å². The quantitative estimate of drug-likeness (QED) is 0.447. The van der Waals surface area contributed by atoms with Crippen LogP contribution in [0.4, 0.5) is 0 Å². The SMILES string of the molecule is COc1ccc(Cl)cc1CC(=O)CSc1cc(C(=O)[O-])ccn1.[K+]. The average Bonchev–Trinajstić information content (AvgIpc) is 2.53. The van der Waals surface area contributed by atoms with Gasteiger partial charge in [-0.1, -0.05) is 23.4 Å². The first-order valence-corrected chi connectivity index (χ1v) is 8.00. The molecule has 0 saturated heterocycles. The maximum absolute atomic E-state index is 12.1. The summed E-state index contributed by atoms with van der Waals surface area (Å²) >= 11 is 7.11. The maximum Gasteiger partial charge on any atom is 1.00 e. The molecule has 0 N–H and O–H groups in total. The number of carbonyl (C=O) groups is 2. The summed E-state index contributed by atoms with van der Waals surface area (Å²) in [5, 5.41) is 11.8. The van der Waals surface area contributed by atoms with Crippen LogP contribution < -0.4 is 61.2 Å². The Morgan fingerprint density at radius 1 is 1.29 bits per heavy atom. The maximum atomic E-state index is 12.1. The molecule has 8 heteroatoms. The second-order valence-electron chi connectivity index (χ2n) is 4.63. The molecule has 1 aromatic heterocycles. The number of pyridine rings is 1. The summed E-state index contributed by atoms with van der Waals surface area (Å²) in [6, 6.07) is 7.82. The number of aromatic nitrogens is 1. The third-order valence-corrected chi connectivity index (χ3v) is 4.20. The number of hydrogen-bond acceptors (Lipinski definition) is 6. The molecule has 0 aliphatic rings. The van der Waals surface area contributed by atoms with Gasteiger partial charge in [0.05, 0.1) is 23.9 Å². The van der Waals surface area contributed by atoms with Crippen LogP contribution in [0, 0.1) is 0 Å². The normalized spacial score (nSPS) is 9.92. The van der Waals surface area contributed by atoms with Crippen molar-refractivity contribution in [1.29, 1.82) is 0 Å². The van der Waals surface area contributed by atoms with Gasteiger partial charge in [-0.3, -0.25) is 4.79 Å². The van der Waals surface area contributed by atoms with E-state index in [0.29, 0.717) is 21.4 Å². The Bertz CT molecular complexity index is 742. The molecule has 0 radical (unpaired) electrons. The number of Topliss-reactive ketones (excluding diaryl/α,β-unsaturated/α-hetero) is 1. The van der Waals surface area contributed by atoms with Crippen molar-refractivity contribution >= 4 is 35.1 Å². The van der Waals surface area contributed by atoms with E-state index in [2.05, 4.69) is 4.98 Å². The van der Waals surface area contributed by atoms with Gasteiger partial charge in [0.25, 0.3) is 0 Å². The fourth-order valence-corrected chi connectivity index (χ4v) is 2.87. The van der Waals surface area contributed by atoms with E-state index >= 15 is 0 Å². The van der Waals surface area contributed by atoms with Gasteiger partial charge >= 0.3 is 51.4 Å². The topological polar surface area (TPSA) is 79.3 Å². The van der Waals surface area contributed by atoms with Crippen molar-refractivity contribution in [3.8, 4) is 5.75 Å². The summed E-state index contributed by atoms with van der Waals surface area (Å²) < 4.78 is 5.20. The molecule has 2 rings (SSSR count). The second-order valence-corrected chi connectivity index (χ2v) is 6.06. The van der Waals surface area contributed by atoms with Crippen LogP contribution in [0.25, 0.3) is 0 Å². The number of ketones is 1. The molecule has 0 atom stereocenters. The van der Waals surface area contributed by atoms with Crippen LogP contribution in [0.2, 0.25) is 5.02 Å². The average molecular weight is 390 g/mol. The van der Waals surface area contributed by atoms with Crippen molar-refractivity contribution in [2.75, 3.05) is 12.9 Å². The number of aromatic carboxylic acids is 1. The molecule has 0 aliphatic heterocycles. The number of hydrogen-bond donors (Lipinski definition) is 0. The van der Waals surface area contributed by atoms with Crippen LogP contribution >= 0.6 is 23.4 Å². The number of rotatable bonds is 7. The van der Waals surface area contributed by atoms with Gasteiger partial charge in [0, 0.05) is 28.8 Å². The van der Waals surface area contributed by atoms with Gasteiger partial charge in [0.1, 0.15) is 11.5 Å². The van der Waals surface area contributed by atoms with Gasteiger partial charge in [0.15, 0.2) is 0 Å². The van der Waals surface area contributed by atoms with E-state index in [9.17, 15) is 14.7 Å². The number of halogens is 1. The molecule has 120 valence electrons. The molecule has 0 aliphatic carbocycles. The predicted molar refractivity (Wildman–Crippen MR) is 86.0 cm³/mol. The second kappa shape index (κ2) is 10.5. The number of methoxy groups -OCH3 is 1. The number of carbonyl (C=O) groups excluding carboxylic acids is 2. The van der Waals surface area contributed by atoms with E-state index < -0.39 is 5.97 Å². The smallest absolute Gasteiger partial charge is 0.545 e. The number of nitrogens with zero attached hydrogens (tertiary/aromatic N) is 1. The number of thioether (sulfide) groups is 1. The van der Waals surface area contributed by atoms with Crippen LogP contribution in [0.1, 0.15) is 15.9 Å². The Balaban J connectivity index is 0.00000288. The molecule has 1 aromatic carbocycles. The van der Waals surface area contributed by atoms with Gasteiger partial charge in [-0.05, 0) is 30.3 Å². The summed E-state index contributed by atoms with van der Waals surface area (Å²) in [6.45, 7) is 0.